The SMILES string of the molecule is Cn1cnc(C(=O)N2CCC[C@]3(CCN(c4cncnc4)C3=O)C2)n1. The molecule has 2 saturated heterocycles. The van der Waals surface area contributed by atoms with Crippen LogP contribution >= 0.6 is 0 Å². The maximum atomic E-state index is 13.1. The first-order chi connectivity index (χ1) is 12.1. The predicted molar refractivity (Wildman–Crippen MR) is 87.6 cm³/mol. The van der Waals surface area contributed by atoms with Crippen LogP contribution in [0.3, 0.4) is 0 Å². The van der Waals surface area contributed by atoms with Crippen molar-refractivity contribution in [2.24, 2.45) is 12.5 Å². The molecule has 0 unspecified atom stereocenters. The second kappa shape index (κ2) is 5.91. The minimum atomic E-state index is -0.529. The van der Waals surface area contributed by atoms with Crippen LogP contribution in [0.25, 0.3) is 0 Å². The third-order valence-corrected chi connectivity index (χ3v) is 5.03. The smallest absolute Gasteiger partial charge is 0.293 e. The average Bonchev–Trinajstić information content (AvgIpc) is 3.20. The Hall–Kier alpha value is -2.84. The van der Waals surface area contributed by atoms with Gasteiger partial charge in [0.25, 0.3) is 5.91 Å². The number of aromatic nitrogens is 5. The van der Waals surface area contributed by atoms with Crippen LogP contribution in [0.1, 0.15) is 29.9 Å². The van der Waals surface area contributed by atoms with Gasteiger partial charge in [0.05, 0.1) is 23.5 Å². The zero-order chi connectivity index (χ0) is 17.4. The number of amides is 2. The summed E-state index contributed by atoms with van der Waals surface area (Å²) in [5, 5.41) is 4.08. The average molecular weight is 341 g/mol. The van der Waals surface area contributed by atoms with Gasteiger partial charge in [-0.25, -0.2) is 15.0 Å². The van der Waals surface area contributed by atoms with Gasteiger partial charge in [-0.15, -0.1) is 5.10 Å². The number of nitrogens with zero attached hydrogens (tertiary/aromatic N) is 7. The highest BCUT2D eigenvalue weighted by Crippen LogP contribution is 2.41. The fraction of sp³-hybridized carbons (Fsp3) is 0.500. The van der Waals surface area contributed by atoms with E-state index in [-0.39, 0.29) is 17.6 Å². The Morgan fingerprint density at radius 1 is 1.20 bits per heavy atom. The molecule has 9 nitrogen and oxygen atoms in total. The molecule has 4 rings (SSSR count). The van der Waals surface area contributed by atoms with Gasteiger partial charge in [0.1, 0.15) is 12.7 Å². The molecule has 0 saturated carbocycles. The summed E-state index contributed by atoms with van der Waals surface area (Å²) in [5.41, 5.74) is 0.178. The highest BCUT2D eigenvalue weighted by Gasteiger charge is 2.50. The summed E-state index contributed by atoms with van der Waals surface area (Å²) in [5.74, 6) is 0.0149. The molecule has 2 fully saturated rings. The highest BCUT2D eigenvalue weighted by atomic mass is 16.2. The monoisotopic (exact) mass is 341 g/mol. The van der Waals surface area contributed by atoms with Crippen LogP contribution in [0.2, 0.25) is 0 Å². The van der Waals surface area contributed by atoms with Gasteiger partial charge in [0.15, 0.2) is 0 Å². The van der Waals surface area contributed by atoms with Crippen LogP contribution in [0.15, 0.2) is 25.0 Å². The Bertz CT molecular complexity index is 806. The lowest BCUT2D eigenvalue weighted by Crippen LogP contribution is -2.50. The molecular weight excluding hydrogens is 322 g/mol. The van der Waals surface area contributed by atoms with Crippen molar-refractivity contribution in [3.05, 3.63) is 30.9 Å². The third kappa shape index (κ3) is 2.65. The maximum absolute atomic E-state index is 13.1. The second-order valence-corrected chi connectivity index (χ2v) is 6.66. The molecule has 1 atom stereocenters. The van der Waals surface area contributed by atoms with E-state index >= 15 is 0 Å². The van der Waals surface area contributed by atoms with E-state index < -0.39 is 5.41 Å². The summed E-state index contributed by atoms with van der Waals surface area (Å²) in [4.78, 5) is 41.2. The first kappa shape index (κ1) is 15.7. The Morgan fingerprint density at radius 3 is 2.72 bits per heavy atom. The molecule has 2 aliphatic heterocycles. The van der Waals surface area contributed by atoms with Crippen LogP contribution in [-0.4, -0.2) is 61.1 Å². The van der Waals surface area contributed by atoms with Gasteiger partial charge in [-0.1, -0.05) is 0 Å². The number of hydrogen-bond donors (Lipinski definition) is 0. The van der Waals surface area contributed by atoms with Crippen LogP contribution < -0.4 is 4.90 Å². The number of piperidine rings is 1. The van der Waals surface area contributed by atoms with Gasteiger partial charge in [-0.3, -0.25) is 14.3 Å². The Morgan fingerprint density at radius 2 is 2.00 bits per heavy atom. The van der Waals surface area contributed by atoms with Crippen molar-refractivity contribution in [3.63, 3.8) is 0 Å². The van der Waals surface area contributed by atoms with Crippen LogP contribution in [0.4, 0.5) is 5.69 Å². The Kier molecular flexibility index (Phi) is 3.70. The number of anilines is 1. The largest absolute Gasteiger partial charge is 0.335 e. The summed E-state index contributed by atoms with van der Waals surface area (Å²) in [6.45, 7) is 1.66. The number of hydrogen-bond acceptors (Lipinski definition) is 6. The third-order valence-electron chi connectivity index (χ3n) is 5.03. The van der Waals surface area contributed by atoms with Crippen LogP contribution in [0.5, 0.6) is 0 Å². The topological polar surface area (TPSA) is 97.1 Å². The normalized spacial score (nSPS) is 23.5. The van der Waals surface area contributed by atoms with Crippen molar-refractivity contribution in [1.29, 1.82) is 0 Å². The standard InChI is InChI=1S/C16H19N7O2/c1-21-11-19-13(20-21)14(24)22-5-2-3-16(9-22)4-6-23(15(16)25)12-7-17-10-18-8-12/h7-8,10-11H,2-6,9H2,1H3/t16-/m0/s1. The zero-order valence-corrected chi connectivity index (χ0v) is 14.0. The lowest BCUT2D eigenvalue weighted by Gasteiger charge is -2.38. The quantitative estimate of drug-likeness (QED) is 0.777. The van der Waals surface area contributed by atoms with Gasteiger partial charge >= 0.3 is 0 Å². The number of carbonyl (C=O) groups is 2. The lowest BCUT2D eigenvalue weighted by molar-refractivity contribution is -0.127. The molecule has 0 bridgehead atoms. The van der Waals surface area contributed by atoms with E-state index in [1.54, 1.807) is 29.2 Å². The van der Waals surface area contributed by atoms with E-state index in [0.29, 0.717) is 25.3 Å². The van der Waals surface area contributed by atoms with E-state index in [4.69, 9.17) is 0 Å². The van der Waals surface area contributed by atoms with E-state index in [2.05, 4.69) is 20.1 Å². The summed E-state index contributed by atoms with van der Waals surface area (Å²) in [6, 6.07) is 0. The van der Waals surface area contributed by atoms with Crippen LogP contribution in [-0.2, 0) is 11.8 Å². The van der Waals surface area contributed by atoms with Crippen molar-refractivity contribution in [3.8, 4) is 0 Å². The van der Waals surface area contributed by atoms with Crippen molar-refractivity contribution in [1.82, 2.24) is 29.6 Å². The summed E-state index contributed by atoms with van der Waals surface area (Å²) in [6.07, 6.45) is 8.55. The van der Waals surface area contributed by atoms with Gasteiger partial charge < -0.3 is 9.80 Å². The van der Waals surface area contributed by atoms with Crippen molar-refractivity contribution >= 4 is 17.5 Å². The van der Waals surface area contributed by atoms with Gasteiger partial charge in [-0.05, 0) is 19.3 Å². The maximum Gasteiger partial charge on any atom is 0.293 e. The Balaban J connectivity index is 1.54. The fourth-order valence-electron chi connectivity index (χ4n) is 3.76. The molecule has 2 aromatic heterocycles. The molecule has 0 N–H and O–H groups in total. The Labute approximate surface area is 144 Å². The van der Waals surface area contributed by atoms with Crippen molar-refractivity contribution in [2.45, 2.75) is 19.3 Å². The molecule has 1 spiro atoms. The predicted octanol–water partition coefficient (Wildman–Crippen LogP) is 0.264. The molecular formula is C16H19N7O2. The van der Waals surface area contributed by atoms with E-state index in [9.17, 15) is 9.59 Å². The molecule has 2 aliphatic rings. The van der Waals surface area contributed by atoms with Gasteiger partial charge in [-0.2, -0.15) is 0 Å². The molecule has 4 heterocycles. The van der Waals surface area contributed by atoms with Crippen molar-refractivity contribution in [2.75, 3.05) is 24.5 Å². The summed E-state index contributed by atoms with van der Waals surface area (Å²) >= 11 is 0. The molecule has 0 aliphatic carbocycles. The molecule has 25 heavy (non-hydrogen) atoms. The zero-order valence-electron chi connectivity index (χ0n) is 14.0. The first-order valence-electron chi connectivity index (χ1n) is 8.31. The number of aryl methyl sites for hydroxylation is 1. The number of carbonyl (C=O) groups excluding carboxylic acids is 2. The van der Waals surface area contributed by atoms with E-state index in [1.165, 1.54) is 17.3 Å². The van der Waals surface area contributed by atoms with Crippen molar-refractivity contribution < 1.29 is 9.59 Å². The molecule has 9 heteroatoms. The lowest BCUT2D eigenvalue weighted by atomic mass is 9.78. The minimum absolute atomic E-state index is 0.0498. The molecule has 130 valence electrons. The molecule has 0 aromatic carbocycles. The summed E-state index contributed by atoms with van der Waals surface area (Å²) in [7, 11) is 1.72. The first-order valence-corrected chi connectivity index (χ1v) is 8.31. The summed E-state index contributed by atoms with van der Waals surface area (Å²) < 4.78 is 1.50. The number of rotatable bonds is 2. The van der Waals surface area contributed by atoms with Crippen LogP contribution in [0, 0.1) is 5.41 Å². The van der Waals surface area contributed by atoms with Gasteiger partial charge in [0.2, 0.25) is 11.7 Å². The second-order valence-electron chi connectivity index (χ2n) is 6.66. The minimum Gasteiger partial charge on any atom is -0.335 e. The molecule has 0 radical (unpaired) electrons. The highest BCUT2D eigenvalue weighted by molar-refractivity contribution is 6.00. The number of likely N-dealkylation sites (tertiary alicyclic amines) is 1. The van der Waals surface area contributed by atoms with E-state index in [0.717, 1.165) is 19.3 Å². The van der Waals surface area contributed by atoms with E-state index in [1.807, 2.05) is 0 Å². The molecule has 2 aromatic rings. The molecule has 2 amide bonds. The fourth-order valence-corrected chi connectivity index (χ4v) is 3.76. The van der Waals surface area contributed by atoms with Gasteiger partial charge in [0, 0.05) is 26.7 Å².